The van der Waals surface area contributed by atoms with E-state index >= 15 is 0 Å². The molecule has 2 rings (SSSR count). The summed E-state index contributed by atoms with van der Waals surface area (Å²) in [6.45, 7) is 1.69. The molecule has 1 unspecified atom stereocenters. The first-order chi connectivity index (χ1) is 9.83. The van der Waals surface area contributed by atoms with E-state index in [0.29, 0.717) is 20.5 Å². The summed E-state index contributed by atoms with van der Waals surface area (Å²) in [5.41, 5.74) is 0.627. The lowest BCUT2D eigenvalue weighted by atomic mass is 10.1. The highest BCUT2D eigenvalue weighted by Crippen LogP contribution is 2.28. The third kappa shape index (κ3) is 3.76. The summed E-state index contributed by atoms with van der Waals surface area (Å²) in [6.07, 6.45) is 0. The Kier molecular flexibility index (Phi) is 4.91. The minimum absolute atomic E-state index is 0.0935. The summed E-state index contributed by atoms with van der Waals surface area (Å²) in [4.78, 5) is 0.340. The van der Waals surface area contributed by atoms with Crippen molar-refractivity contribution in [3.05, 3.63) is 50.8 Å². The van der Waals surface area contributed by atoms with Gasteiger partial charge in [0.1, 0.15) is 15.2 Å². The van der Waals surface area contributed by atoms with E-state index in [1.165, 1.54) is 12.1 Å². The van der Waals surface area contributed by atoms with Crippen molar-refractivity contribution in [1.82, 2.24) is 4.72 Å². The number of sulfonamides is 1. The number of benzene rings is 1. The van der Waals surface area contributed by atoms with Gasteiger partial charge in [0, 0.05) is 16.1 Å². The second kappa shape index (κ2) is 6.34. The largest absolute Gasteiger partial charge is 0.250 e. The van der Waals surface area contributed by atoms with Gasteiger partial charge in [-0.1, -0.05) is 29.3 Å². The van der Waals surface area contributed by atoms with Gasteiger partial charge in [0.15, 0.2) is 0 Å². The van der Waals surface area contributed by atoms with Crippen LogP contribution >= 0.6 is 34.5 Å². The van der Waals surface area contributed by atoms with Gasteiger partial charge in [-0.15, -0.1) is 11.3 Å². The van der Waals surface area contributed by atoms with Crippen molar-refractivity contribution in [3.8, 4) is 6.07 Å². The Balaban J connectivity index is 2.25. The van der Waals surface area contributed by atoms with Crippen molar-refractivity contribution < 1.29 is 8.42 Å². The third-order valence-electron chi connectivity index (χ3n) is 2.72. The number of hydrogen-bond donors (Lipinski definition) is 1. The van der Waals surface area contributed by atoms with E-state index in [2.05, 4.69) is 4.72 Å². The molecule has 2 aromatic rings. The molecule has 0 aliphatic carbocycles. The van der Waals surface area contributed by atoms with Crippen LogP contribution in [0.4, 0.5) is 0 Å². The summed E-state index contributed by atoms with van der Waals surface area (Å²) in [5, 5.41) is 9.63. The summed E-state index contributed by atoms with van der Waals surface area (Å²) in [7, 11) is -3.70. The summed E-state index contributed by atoms with van der Waals surface area (Å²) in [5.74, 6) is 0. The van der Waals surface area contributed by atoms with Gasteiger partial charge in [-0.2, -0.15) is 5.26 Å². The number of hydrogen-bond acceptors (Lipinski definition) is 4. The van der Waals surface area contributed by atoms with Crippen LogP contribution in [0.3, 0.4) is 0 Å². The van der Waals surface area contributed by atoms with Crippen LogP contribution in [-0.4, -0.2) is 8.42 Å². The van der Waals surface area contributed by atoms with Gasteiger partial charge in [0.2, 0.25) is 0 Å². The fraction of sp³-hybridized carbons (Fsp3) is 0.154. The van der Waals surface area contributed by atoms with Crippen molar-refractivity contribution in [2.75, 3.05) is 0 Å². The average Bonchev–Trinajstić information content (AvgIpc) is 2.87. The third-order valence-corrected chi connectivity index (χ3v) is 6.30. The summed E-state index contributed by atoms with van der Waals surface area (Å²) in [6, 6.07) is 9.14. The summed E-state index contributed by atoms with van der Waals surface area (Å²) >= 11 is 12.8. The summed E-state index contributed by atoms with van der Waals surface area (Å²) < 4.78 is 27.1. The number of nitrogens with one attached hydrogen (secondary N) is 1. The minimum Gasteiger partial charge on any atom is -0.206 e. The number of nitriles is 1. The molecular formula is C13H10Cl2N2O2S2. The van der Waals surface area contributed by atoms with Gasteiger partial charge in [0.25, 0.3) is 10.0 Å². The molecule has 0 aliphatic rings. The molecule has 0 amide bonds. The maximum atomic E-state index is 12.2. The number of nitrogens with zero attached hydrogens (tertiary/aromatic N) is 1. The molecule has 8 heteroatoms. The zero-order valence-electron chi connectivity index (χ0n) is 10.8. The molecule has 21 heavy (non-hydrogen) atoms. The maximum absolute atomic E-state index is 12.2. The smallest absolute Gasteiger partial charge is 0.206 e. The molecule has 0 radical (unpaired) electrons. The molecule has 1 aromatic heterocycles. The second-order valence-corrected chi connectivity index (χ2v) is 8.11. The normalized spacial score (nSPS) is 12.9. The van der Waals surface area contributed by atoms with Gasteiger partial charge in [0.05, 0.1) is 0 Å². The Bertz CT molecular complexity index is 810. The van der Waals surface area contributed by atoms with E-state index in [4.69, 9.17) is 28.5 Å². The van der Waals surface area contributed by atoms with Gasteiger partial charge in [-0.05, 0) is 36.8 Å². The Labute approximate surface area is 137 Å². The fourth-order valence-electron chi connectivity index (χ4n) is 1.73. The predicted octanol–water partition coefficient (Wildman–Crippen LogP) is 3.97. The van der Waals surface area contributed by atoms with E-state index in [9.17, 15) is 8.42 Å². The molecule has 0 fully saturated rings. The van der Waals surface area contributed by atoms with Crippen molar-refractivity contribution in [2.45, 2.75) is 17.2 Å². The van der Waals surface area contributed by atoms with Crippen molar-refractivity contribution >= 4 is 44.6 Å². The molecule has 1 aromatic carbocycles. The first-order valence-corrected chi connectivity index (χ1v) is 8.86. The highest BCUT2D eigenvalue weighted by Gasteiger charge is 2.21. The highest BCUT2D eigenvalue weighted by atomic mass is 35.5. The van der Waals surface area contributed by atoms with Crippen LogP contribution in [0.2, 0.25) is 10.0 Å². The Morgan fingerprint density at radius 1 is 1.29 bits per heavy atom. The Morgan fingerprint density at radius 3 is 2.57 bits per heavy atom. The van der Waals surface area contributed by atoms with Crippen LogP contribution in [-0.2, 0) is 10.0 Å². The fourth-order valence-corrected chi connectivity index (χ4v) is 4.65. The van der Waals surface area contributed by atoms with E-state index in [1.54, 1.807) is 25.1 Å². The van der Waals surface area contributed by atoms with E-state index in [1.807, 2.05) is 6.07 Å². The monoisotopic (exact) mass is 360 g/mol. The molecule has 0 aliphatic heterocycles. The number of rotatable bonds is 4. The molecular weight excluding hydrogens is 351 g/mol. The van der Waals surface area contributed by atoms with Gasteiger partial charge >= 0.3 is 0 Å². The van der Waals surface area contributed by atoms with Gasteiger partial charge in [-0.3, -0.25) is 0 Å². The first kappa shape index (κ1) is 16.3. The molecule has 0 saturated heterocycles. The van der Waals surface area contributed by atoms with E-state index < -0.39 is 16.1 Å². The van der Waals surface area contributed by atoms with Crippen molar-refractivity contribution in [3.63, 3.8) is 0 Å². The van der Waals surface area contributed by atoms with Gasteiger partial charge in [-0.25, -0.2) is 13.1 Å². The Morgan fingerprint density at radius 2 is 2.00 bits per heavy atom. The van der Waals surface area contributed by atoms with Crippen LogP contribution in [0.15, 0.2) is 34.5 Å². The van der Waals surface area contributed by atoms with Crippen molar-refractivity contribution in [1.29, 1.82) is 5.26 Å². The number of halogens is 2. The molecule has 1 heterocycles. The lowest BCUT2D eigenvalue weighted by molar-refractivity contribution is 0.569. The van der Waals surface area contributed by atoms with Crippen molar-refractivity contribution in [2.24, 2.45) is 0 Å². The van der Waals surface area contributed by atoms with Crippen LogP contribution in [0, 0.1) is 11.3 Å². The predicted molar refractivity (Wildman–Crippen MR) is 84.2 cm³/mol. The maximum Gasteiger partial charge on any atom is 0.250 e. The lowest BCUT2D eigenvalue weighted by Crippen LogP contribution is -2.26. The molecule has 1 atom stereocenters. The Hall–Kier alpha value is -1.10. The average molecular weight is 361 g/mol. The van der Waals surface area contributed by atoms with E-state index in [-0.39, 0.29) is 4.21 Å². The highest BCUT2D eigenvalue weighted by molar-refractivity contribution is 7.91. The molecule has 0 bridgehead atoms. The van der Waals surface area contributed by atoms with E-state index in [0.717, 1.165) is 11.3 Å². The van der Waals surface area contributed by atoms with Gasteiger partial charge < -0.3 is 0 Å². The van der Waals surface area contributed by atoms with Crippen LogP contribution < -0.4 is 4.72 Å². The molecule has 4 nitrogen and oxygen atoms in total. The lowest BCUT2D eigenvalue weighted by Gasteiger charge is -2.15. The minimum atomic E-state index is -3.70. The molecule has 1 N–H and O–H groups in total. The second-order valence-electron chi connectivity index (χ2n) is 4.24. The van der Waals surface area contributed by atoms with Crippen LogP contribution in [0.25, 0.3) is 0 Å². The quantitative estimate of drug-likeness (QED) is 0.896. The topological polar surface area (TPSA) is 70.0 Å². The molecule has 0 spiro atoms. The SMILES string of the molecule is CC(NS(=O)(=O)c1ccc(C#N)s1)c1ccc(Cl)cc1Cl. The zero-order chi connectivity index (χ0) is 15.6. The molecule has 110 valence electrons. The standard InChI is InChI=1S/C13H10Cl2N2O2S2/c1-8(11-4-2-9(14)6-12(11)15)17-21(18,19)13-5-3-10(7-16)20-13/h2-6,8,17H,1H3. The molecule has 0 saturated carbocycles. The van der Waals surface area contributed by atoms with Crippen LogP contribution in [0.1, 0.15) is 23.4 Å². The number of thiophene rings is 1. The zero-order valence-corrected chi connectivity index (χ0v) is 13.9. The first-order valence-electron chi connectivity index (χ1n) is 5.80. The van der Waals surface area contributed by atoms with Crippen LogP contribution in [0.5, 0.6) is 0 Å².